The van der Waals surface area contributed by atoms with Crippen LogP contribution in [0.1, 0.15) is 28.8 Å². The molecule has 2 rings (SSSR count). The van der Waals surface area contributed by atoms with Gasteiger partial charge in [-0.05, 0) is 30.5 Å². The average molecular weight is 328 g/mol. The zero-order valence-electron chi connectivity index (χ0n) is 10.9. The highest BCUT2D eigenvalue weighted by atomic mass is 79.9. The van der Waals surface area contributed by atoms with Crippen LogP contribution in [0.15, 0.2) is 22.7 Å². The van der Waals surface area contributed by atoms with E-state index in [-0.39, 0.29) is 5.97 Å². The SMILES string of the molecule is COC(=O)c1ccc(CNCC2CCCO2)c(Br)c1. The standard InChI is InChI=1S/C14H18BrNO3/c1-18-14(17)10-4-5-11(13(15)7-10)8-16-9-12-3-2-6-19-12/h4-5,7,12,16H,2-3,6,8-9H2,1H3. The first-order chi connectivity index (χ1) is 9.20. The third kappa shape index (κ3) is 4.03. The second kappa shape index (κ2) is 7.03. The summed E-state index contributed by atoms with van der Waals surface area (Å²) in [5, 5.41) is 3.38. The van der Waals surface area contributed by atoms with Crippen molar-refractivity contribution in [1.29, 1.82) is 0 Å². The fraction of sp³-hybridized carbons (Fsp3) is 0.500. The maximum Gasteiger partial charge on any atom is 0.337 e. The lowest BCUT2D eigenvalue weighted by Crippen LogP contribution is -2.25. The number of hydrogen-bond acceptors (Lipinski definition) is 4. The highest BCUT2D eigenvalue weighted by molar-refractivity contribution is 9.10. The van der Waals surface area contributed by atoms with Crippen LogP contribution in [0.4, 0.5) is 0 Å². The number of nitrogens with one attached hydrogen (secondary N) is 1. The van der Waals surface area contributed by atoms with Crippen molar-refractivity contribution in [2.75, 3.05) is 20.3 Å². The third-order valence-electron chi connectivity index (χ3n) is 3.19. The molecule has 0 radical (unpaired) electrons. The second-order valence-corrected chi connectivity index (χ2v) is 5.42. The van der Waals surface area contributed by atoms with Crippen molar-refractivity contribution >= 4 is 21.9 Å². The molecule has 1 saturated heterocycles. The van der Waals surface area contributed by atoms with Crippen molar-refractivity contribution in [3.8, 4) is 0 Å². The molecule has 1 fully saturated rings. The van der Waals surface area contributed by atoms with Crippen LogP contribution < -0.4 is 5.32 Å². The Balaban J connectivity index is 1.87. The number of esters is 1. The van der Waals surface area contributed by atoms with Gasteiger partial charge >= 0.3 is 5.97 Å². The lowest BCUT2D eigenvalue weighted by Gasteiger charge is -2.12. The quantitative estimate of drug-likeness (QED) is 0.844. The van der Waals surface area contributed by atoms with Crippen LogP contribution in [-0.2, 0) is 16.0 Å². The summed E-state index contributed by atoms with van der Waals surface area (Å²) < 4.78 is 11.2. The molecule has 19 heavy (non-hydrogen) atoms. The fourth-order valence-electron chi connectivity index (χ4n) is 2.11. The molecule has 1 aliphatic heterocycles. The topological polar surface area (TPSA) is 47.6 Å². The van der Waals surface area contributed by atoms with Gasteiger partial charge in [0.05, 0.1) is 18.8 Å². The van der Waals surface area contributed by atoms with Crippen molar-refractivity contribution < 1.29 is 14.3 Å². The molecule has 0 spiro atoms. The molecule has 5 heteroatoms. The maximum absolute atomic E-state index is 11.4. The van der Waals surface area contributed by atoms with Gasteiger partial charge in [0.1, 0.15) is 0 Å². The van der Waals surface area contributed by atoms with Gasteiger partial charge in [0.2, 0.25) is 0 Å². The van der Waals surface area contributed by atoms with Crippen LogP contribution in [0.2, 0.25) is 0 Å². The first-order valence-electron chi connectivity index (χ1n) is 6.40. The molecular formula is C14H18BrNO3. The Morgan fingerprint density at radius 2 is 2.42 bits per heavy atom. The van der Waals surface area contributed by atoms with E-state index in [2.05, 4.69) is 26.0 Å². The summed E-state index contributed by atoms with van der Waals surface area (Å²) in [6, 6.07) is 5.49. The molecule has 0 bridgehead atoms. The highest BCUT2D eigenvalue weighted by Gasteiger charge is 2.15. The Labute approximate surface area is 121 Å². The number of carbonyl (C=O) groups excluding carboxylic acids is 1. The summed E-state index contributed by atoms with van der Waals surface area (Å²) >= 11 is 3.48. The Kier molecular flexibility index (Phi) is 5.36. The zero-order valence-corrected chi connectivity index (χ0v) is 12.5. The Bertz CT molecular complexity index is 444. The Morgan fingerprint density at radius 3 is 3.05 bits per heavy atom. The molecule has 1 unspecified atom stereocenters. The summed E-state index contributed by atoms with van der Waals surface area (Å²) in [6.07, 6.45) is 2.63. The molecule has 1 aromatic carbocycles. The Morgan fingerprint density at radius 1 is 1.58 bits per heavy atom. The van der Waals surface area contributed by atoms with E-state index < -0.39 is 0 Å². The Hall–Kier alpha value is -0.910. The van der Waals surface area contributed by atoms with E-state index in [1.54, 1.807) is 12.1 Å². The molecule has 104 valence electrons. The summed E-state index contributed by atoms with van der Waals surface area (Å²) in [5.74, 6) is -0.320. The van der Waals surface area contributed by atoms with Crippen LogP contribution >= 0.6 is 15.9 Å². The van der Waals surface area contributed by atoms with E-state index in [1.807, 2.05) is 6.07 Å². The van der Waals surface area contributed by atoms with Crippen molar-refractivity contribution in [1.82, 2.24) is 5.32 Å². The van der Waals surface area contributed by atoms with Gasteiger partial charge in [0.25, 0.3) is 0 Å². The van der Waals surface area contributed by atoms with Gasteiger partial charge in [-0.25, -0.2) is 4.79 Å². The van der Waals surface area contributed by atoms with Gasteiger partial charge in [0.15, 0.2) is 0 Å². The predicted octanol–water partition coefficient (Wildman–Crippen LogP) is 2.50. The van der Waals surface area contributed by atoms with Crippen LogP contribution in [0.5, 0.6) is 0 Å². The van der Waals surface area contributed by atoms with E-state index in [1.165, 1.54) is 7.11 Å². The smallest absolute Gasteiger partial charge is 0.337 e. The molecule has 1 aliphatic rings. The second-order valence-electron chi connectivity index (χ2n) is 4.56. The summed E-state index contributed by atoms with van der Waals surface area (Å²) in [6.45, 7) is 2.50. The normalized spacial score (nSPS) is 18.5. The molecule has 0 aromatic heterocycles. The summed E-state index contributed by atoms with van der Waals surface area (Å²) in [7, 11) is 1.38. The number of rotatable bonds is 5. The van der Waals surface area contributed by atoms with Crippen LogP contribution in [0, 0.1) is 0 Å². The molecule has 1 atom stereocenters. The van der Waals surface area contributed by atoms with Crippen LogP contribution in [-0.4, -0.2) is 32.3 Å². The molecule has 4 nitrogen and oxygen atoms in total. The molecule has 1 aromatic rings. The number of ether oxygens (including phenoxy) is 2. The molecule has 1 heterocycles. The van der Waals surface area contributed by atoms with Crippen molar-refractivity contribution in [2.45, 2.75) is 25.5 Å². The third-order valence-corrected chi connectivity index (χ3v) is 3.92. The molecule has 0 aliphatic carbocycles. The number of hydrogen-bond donors (Lipinski definition) is 1. The number of benzene rings is 1. The molecule has 0 amide bonds. The first kappa shape index (κ1) is 14.5. The lowest BCUT2D eigenvalue weighted by molar-refractivity contribution is 0.0600. The first-order valence-corrected chi connectivity index (χ1v) is 7.19. The number of halogens is 1. The maximum atomic E-state index is 11.4. The minimum atomic E-state index is -0.320. The zero-order chi connectivity index (χ0) is 13.7. The van der Waals surface area contributed by atoms with Crippen LogP contribution in [0.25, 0.3) is 0 Å². The summed E-state index contributed by atoms with van der Waals surface area (Å²) in [5.41, 5.74) is 1.67. The fourth-order valence-corrected chi connectivity index (χ4v) is 2.63. The molecule has 0 saturated carbocycles. The lowest BCUT2D eigenvalue weighted by atomic mass is 10.1. The predicted molar refractivity (Wildman–Crippen MR) is 76.2 cm³/mol. The molecule has 1 N–H and O–H groups in total. The minimum Gasteiger partial charge on any atom is -0.465 e. The van der Waals surface area contributed by atoms with Gasteiger partial charge in [-0.2, -0.15) is 0 Å². The minimum absolute atomic E-state index is 0.320. The van der Waals surface area contributed by atoms with Crippen molar-refractivity contribution in [3.63, 3.8) is 0 Å². The van der Waals surface area contributed by atoms with Gasteiger partial charge in [-0.1, -0.05) is 22.0 Å². The average Bonchev–Trinajstić information content (AvgIpc) is 2.93. The van der Waals surface area contributed by atoms with E-state index in [9.17, 15) is 4.79 Å². The largest absolute Gasteiger partial charge is 0.465 e. The van der Waals surface area contributed by atoms with Crippen LogP contribution in [0.3, 0.4) is 0 Å². The van der Waals surface area contributed by atoms with Gasteiger partial charge in [-0.3, -0.25) is 0 Å². The van der Waals surface area contributed by atoms with E-state index >= 15 is 0 Å². The van der Waals surface area contributed by atoms with Gasteiger partial charge in [0, 0.05) is 24.2 Å². The van der Waals surface area contributed by atoms with E-state index in [0.29, 0.717) is 11.7 Å². The van der Waals surface area contributed by atoms with Gasteiger partial charge in [-0.15, -0.1) is 0 Å². The summed E-state index contributed by atoms with van der Waals surface area (Å²) in [4.78, 5) is 11.4. The van der Waals surface area contributed by atoms with E-state index in [0.717, 1.165) is 42.6 Å². The number of carbonyl (C=O) groups is 1. The van der Waals surface area contributed by atoms with Crippen molar-refractivity contribution in [3.05, 3.63) is 33.8 Å². The monoisotopic (exact) mass is 327 g/mol. The van der Waals surface area contributed by atoms with Gasteiger partial charge < -0.3 is 14.8 Å². The highest BCUT2D eigenvalue weighted by Crippen LogP contribution is 2.19. The molecular weight excluding hydrogens is 310 g/mol. The van der Waals surface area contributed by atoms with Crippen molar-refractivity contribution in [2.24, 2.45) is 0 Å². The number of methoxy groups -OCH3 is 1. The van der Waals surface area contributed by atoms with E-state index in [4.69, 9.17) is 4.74 Å².